The lowest BCUT2D eigenvalue weighted by Crippen LogP contribution is -2.73. The van der Waals surface area contributed by atoms with Crippen molar-refractivity contribution >= 4 is 8.56 Å². The Hall–Kier alpha value is 0.0969. The summed E-state index contributed by atoms with van der Waals surface area (Å²) in [4.78, 5) is 0. The highest BCUT2D eigenvalue weighted by molar-refractivity contribution is 6.71. The van der Waals surface area contributed by atoms with Gasteiger partial charge in [-0.2, -0.15) is 0 Å². The maximum Gasteiger partial charge on any atom is 0.371 e. The van der Waals surface area contributed by atoms with Gasteiger partial charge in [0.1, 0.15) is 5.22 Å². The first-order valence-corrected chi connectivity index (χ1v) is 10.7. The van der Waals surface area contributed by atoms with Crippen LogP contribution in [0.4, 0.5) is 0 Å². The molecule has 2 atom stereocenters. The lowest BCUT2D eigenvalue weighted by molar-refractivity contribution is -0.128. The van der Waals surface area contributed by atoms with E-state index in [-0.39, 0.29) is 10.6 Å². The van der Waals surface area contributed by atoms with Crippen LogP contribution in [-0.2, 0) is 13.6 Å². The zero-order valence-corrected chi connectivity index (χ0v) is 16.3. The van der Waals surface area contributed by atoms with E-state index in [1.807, 2.05) is 21.3 Å². The standard InChI is InChI=1S/C17H36O3Si/c1-8-15(4)16(9-2,10-3)17(18-5)13-11-12-14-21(17,19-6)20-7/h15H,8-14H2,1-7H3. The second-order valence-electron chi connectivity index (χ2n) is 6.57. The smallest absolute Gasteiger partial charge is 0.371 e. The highest BCUT2D eigenvalue weighted by atomic mass is 28.4. The molecule has 1 fully saturated rings. The van der Waals surface area contributed by atoms with E-state index < -0.39 is 8.56 Å². The predicted molar refractivity (Wildman–Crippen MR) is 90.6 cm³/mol. The van der Waals surface area contributed by atoms with Gasteiger partial charge < -0.3 is 13.6 Å². The number of rotatable bonds is 8. The van der Waals surface area contributed by atoms with E-state index in [0.29, 0.717) is 5.92 Å². The molecule has 3 nitrogen and oxygen atoms in total. The maximum atomic E-state index is 6.36. The van der Waals surface area contributed by atoms with E-state index >= 15 is 0 Å². The Labute approximate surface area is 133 Å². The van der Waals surface area contributed by atoms with Crippen molar-refractivity contribution in [2.45, 2.75) is 77.5 Å². The fourth-order valence-electron chi connectivity index (χ4n) is 5.14. The molecule has 0 spiro atoms. The van der Waals surface area contributed by atoms with E-state index in [0.717, 1.165) is 25.3 Å². The summed E-state index contributed by atoms with van der Waals surface area (Å²) in [5.41, 5.74) is 0.134. The Morgan fingerprint density at radius 1 is 1.05 bits per heavy atom. The van der Waals surface area contributed by atoms with Gasteiger partial charge in [0.05, 0.1) is 0 Å². The molecule has 126 valence electrons. The van der Waals surface area contributed by atoms with Gasteiger partial charge in [-0.25, -0.2) is 0 Å². The van der Waals surface area contributed by atoms with Crippen LogP contribution >= 0.6 is 0 Å². The van der Waals surface area contributed by atoms with Crippen molar-refractivity contribution < 1.29 is 13.6 Å². The number of ether oxygens (including phenoxy) is 1. The molecule has 0 N–H and O–H groups in total. The molecule has 0 aliphatic carbocycles. The number of hydrogen-bond acceptors (Lipinski definition) is 3. The monoisotopic (exact) mass is 316 g/mol. The molecule has 0 aromatic carbocycles. The Bertz CT molecular complexity index is 313. The van der Waals surface area contributed by atoms with Gasteiger partial charge in [-0.1, -0.05) is 47.0 Å². The van der Waals surface area contributed by atoms with Crippen molar-refractivity contribution in [2.24, 2.45) is 11.3 Å². The highest BCUT2D eigenvalue weighted by Crippen LogP contribution is 2.57. The van der Waals surface area contributed by atoms with Gasteiger partial charge in [-0.05, 0) is 31.2 Å². The second kappa shape index (κ2) is 7.58. The summed E-state index contributed by atoms with van der Waals surface area (Å²) in [6.07, 6.45) is 6.90. The minimum Gasteiger partial charge on any atom is -0.396 e. The lowest BCUT2D eigenvalue weighted by atomic mass is 9.65. The van der Waals surface area contributed by atoms with Gasteiger partial charge in [-0.3, -0.25) is 0 Å². The second-order valence-corrected chi connectivity index (χ2v) is 10.2. The minimum absolute atomic E-state index is 0.134. The zero-order valence-electron chi connectivity index (χ0n) is 15.3. The third kappa shape index (κ3) is 2.62. The van der Waals surface area contributed by atoms with Crippen molar-refractivity contribution in [3.05, 3.63) is 0 Å². The molecule has 0 saturated carbocycles. The molecule has 0 radical (unpaired) electrons. The average molecular weight is 317 g/mol. The molecule has 21 heavy (non-hydrogen) atoms. The molecule has 1 heterocycles. The fraction of sp³-hybridized carbons (Fsp3) is 1.00. The molecule has 0 aromatic heterocycles. The Balaban J connectivity index is 3.50. The van der Waals surface area contributed by atoms with Crippen LogP contribution in [-0.4, -0.2) is 35.1 Å². The minimum atomic E-state index is -2.39. The predicted octanol–water partition coefficient (Wildman–Crippen LogP) is 4.68. The first-order chi connectivity index (χ1) is 9.99. The summed E-state index contributed by atoms with van der Waals surface area (Å²) in [6, 6.07) is 1.05. The van der Waals surface area contributed by atoms with Crippen molar-refractivity contribution in [1.29, 1.82) is 0 Å². The van der Waals surface area contributed by atoms with Crippen LogP contribution < -0.4 is 0 Å². The summed E-state index contributed by atoms with van der Waals surface area (Å²) >= 11 is 0. The molecule has 0 amide bonds. The quantitative estimate of drug-likeness (QED) is 0.608. The van der Waals surface area contributed by atoms with Crippen LogP contribution in [0.5, 0.6) is 0 Å². The molecule has 1 aliphatic rings. The van der Waals surface area contributed by atoms with Crippen molar-refractivity contribution in [3.63, 3.8) is 0 Å². The molecule has 4 heteroatoms. The van der Waals surface area contributed by atoms with Crippen LogP contribution in [0.25, 0.3) is 0 Å². The Morgan fingerprint density at radius 2 is 1.62 bits per heavy atom. The number of methoxy groups -OCH3 is 1. The molecule has 2 unspecified atom stereocenters. The first-order valence-electron chi connectivity index (χ1n) is 8.65. The van der Waals surface area contributed by atoms with Gasteiger partial charge in [0.15, 0.2) is 0 Å². The van der Waals surface area contributed by atoms with Crippen molar-refractivity contribution in [3.8, 4) is 0 Å². The molecular weight excluding hydrogens is 280 g/mol. The van der Waals surface area contributed by atoms with Crippen LogP contribution in [0.3, 0.4) is 0 Å². The topological polar surface area (TPSA) is 27.7 Å². The van der Waals surface area contributed by atoms with E-state index in [4.69, 9.17) is 13.6 Å². The largest absolute Gasteiger partial charge is 0.396 e. The normalized spacial score (nSPS) is 27.6. The molecule has 1 rings (SSSR count). The molecule has 0 aromatic rings. The van der Waals surface area contributed by atoms with Gasteiger partial charge in [0.2, 0.25) is 0 Å². The first kappa shape index (κ1) is 19.1. The summed E-state index contributed by atoms with van der Waals surface area (Å²) < 4.78 is 18.6. The van der Waals surface area contributed by atoms with Gasteiger partial charge >= 0.3 is 8.56 Å². The molecule has 1 aliphatic heterocycles. The molecule has 0 bridgehead atoms. The van der Waals surface area contributed by atoms with Crippen molar-refractivity contribution in [1.82, 2.24) is 0 Å². The summed E-state index contributed by atoms with van der Waals surface area (Å²) in [5, 5.41) is -0.235. The highest BCUT2D eigenvalue weighted by Gasteiger charge is 2.68. The number of hydrogen-bond donors (Lipinski definition) is 0. The fourth-order valence-corrected chi connectivity index (χ4v) is 9.72. The summed E-state index contributed by atoms with van der Waals surface area (Å²) in [6.45, 7) is 9.30. The summed E-state index contributed by atoms with van der Waals surface area (Å²) in [5.74, 6) is 0.600. The van der Waals surface area contributed by atoms with Crippen LogP contribution in [0.15, 0.2) is 0 Å². The molecule has 1 saturated heterocycles. The third-order valence-electron chi connectivity index (χ3n) is 6.53. The Morgan fingerprint density at radius 3 is 2.00 bits per heavy atom. The van der Waals surface area contributed by atoms with E-state index in [9.17, 15) is 0 Å². The van der Waals surface area contributed by atoms with Crippen LogP contribution in [0, 0.1) is 11.3 Å². The molecular formula is C17H36O3Si. The van der Waals surface area contributed by atoms with Crippen LogP contribution in [0.1, 0.15) is 66.2 Å². The average Bonchev–Trinajstić information content (AvgIpc) is 2.56. The van der Waals surface area contributed by atoms with E-state index in [1.54, 1.807) is 0 Å². The van der Waals surface area contributed by atoms with Gasteiger partial charge in [-0.15, -0.1) is 0 Å². The van der Waals surface area contributed by atoms with Gasteiger partial charge in [0, 0.05) is 26.7 Å². The zero-order chi connectivity index (χ0) is 16.1. The van der Waals surface area contributed by atoms with Crippen LogP contribution in [0.2, 0.25) is 6.04 Å². The lowest BCUT2D eigenvalue weighted by Gasteiger charge is -2.60. The van der Waals surface area contributed by atoms with E-state index in [2.05, 4.69) is 27.7 Å². The SMILES string of the molecule is CCC(C)C(CC)(CC)C1(OC)CCCC[Si]1(OC)OC. The van der Waals surface area contributed by atoms with E-state index in [1.165, 1.54) is 19.3 Å². The van der Waals surface area contributed by atoms with Crippen molar-refractivity contribution in [2.75, 3.05) is 21.3 Å². The third-order valence-corrected chi connectivity index (χ3v) is 11.0. The van der Waals surface area contributed by atoms with Gasteiger partial charge in [0.25, 0.3) is 0 Å². The Kier molecular flexibility index (Phi) is 6.91. The summed E-state index contributed by atoms with van der Waals surface area (Å²) in [7, 11) is 3.16. The maximum absolute atomic E-state index is 6.36.